The van der Waals surface area contributed by atoms with Crippen molar-refractivity contribution in [2.75, 3.05) is 55.4 Å². The molecule has 0 radical (unpaired) electrons. The van der Waals surface area contributed by atoms with Crippen LogP contribution in [0.2, 0.25) is 0 Å². The highest BCUT2D eigenvalue weighted by molar-refractivity contribution is 5.99. The Morgan fingerprint density at radius 2 is 1.16 bits per heavy atom. The van der Waals surface area contributed by atoms with Crippen molar-refractivity contribution < 1.29 is 67.3 Å². The van der Waals surface area contributed by atoms with Gasteiger partial charge < -0.3 is 59.9 Å². The molecule has 1 aromatic rings. The molecule has 11 atom stereocenters. The predicted octanol–water partition coefficient (Wildman–Crippen LogP) is 2.32. The molecule has 80 heavy (non-hydrogen) atoms. The number of piperidine rings is 1. The van der Waals surface area contributed by atoms with Crippen molar-refractivity contribution in [1.82, 2.24) is 45.3 Å². The fourth-order valence-electron chi connectivity index (χ4n) is 10.7. The number of nitrogens with zero attached hydrogens (tertiary/aromatic N) is 6. The molecule has 9 amide bonds. The smallest absolute Gasteiger partial charge is 0.329 e. The second kappa shape index (κ2) is 30.1. The largest absolute Gasteiger partial charge is 0.497 e. The van der Waals surface area contributed by atoms with Crippen molar-refractivity contribution in [3.63, 3.8) is 0 Å². The first-order valence-electron chi connectivity index (χ1n) is 27.9. The number of benzene rings is 1. The minimum Gasteiger partial charge on any atom is -0.497 e. The van der Waals surface area contributed by atoms with Gasteiger partial charge >= 0.3 is 11.9 Å². The second-order valence-electron chi connectivity index (χ2n) is 22.6. The van der Waals surface area contributed by atoms with Gasteiger partial charge in [0.1, 0.15) is 54.1 Å². The molecule has 0 spiro atoms. The van der Waals surface area contributed by atoms with Gasteiger partial charge in [-0.25, -0.2) is 4.79 Å². The average Bonchev–Trinajstić information content (AvgIpc) is 3.41. The molecule has 0 bridgehead atoms. The Labute approximate surface area is 472 Å². The Hall–Kier alpha value is -6.81. The molecule has 4 N–H and O–H groups in total. The van der Waals surface area contributed by atoms with Crippen molar-refractivity contribution in [1.29, 1.82) is 0 Å². The molecule has 1 aromatic carbocycles. The van der Waals surface area contributed by atoms with E-state index in [1.165, 1.54) is 64.0 Å². The van der Waals surface area contributed by atoms with E-state index < -0.39 is 162 Å². The van der Waals surface area contributed by atoms with Gasteiger partial charge in [0.05, 0.1) is 20.1 Å². The minimum atomic E-state index is -1.69. The van der Waals surface area contributed by atoms with Crippen LogP contribution in [-0.2, 0) is 63.9 Å². The Kier molecular flexibility index (Phi) is 25.4. The molecule has 3 rings (SSSR count). The van der Waals surface area contributed by atoms with E-state index in [9.17, 15) is 57.8 Å². The lowest BCUT2D eigenvalue weighted by Crippen LogP contribution is -2.63. The van der Waals surface area contributed by atoms with Crippen LogP contribution >= 0.6 is 0 Å². The van der Waals surface area contributed by atoms with E-state index >= 15 is 0 Å². The molecule has 2 saturated heterocycles. The summed E-state index contributed by atoms with van der Waals surface area (Å²) >= 11 is 0. The molecule has 2 aliphatic heterocycles. The van der Waals surface area contributed by atoms with Crippen LogP contribution in [0.1, 0.15) is 120 Å². The summed E-state index contributed by atoms with van der Waals surface area (Å²) in [7, 11) is 8.24. The average molecular weight is 1130 g/mol. The number of ether oxygens (including phenoxy) is 2. The highest BCUT2D eigenvalue weighted by atomic mass is 16.5. The van der Waals surface area contributed by atoms with Gasteiger partial charge in [0.15, 0.2) is 6.10 Å². The first-order valence-corrected chi connectivity index (χ1v) is 27.9. The molecule has 11 unspecified atom stereocenters. The predicted molar refractivity (Wildman–Crippen MR) is 297 cm³/mol. The van der Waals surface area contributed by atoms with Crippen LogP contribution in [0.15, 0.2) is 24.3 Å². The number of hydrogen-bond donors (Lipinski definition) is 4. The topological polar surface area (TPSA) is 282 Å². The number of rotatable bonds is 12. The summed E-state index contributed by atoms with van der Waals surface area (Å²) in [6, 6.07) is -3.77. The first kappa shape index (κ1) is 67.5. The van der Waals surface area contributed by atoms with E-state index in [2.05, 4.69) is 16.0 Å². The molecule has 0 aliphatic carbocycles. The number of methoxy groups -OCH3 is 1. The molecule has 2 fully saturated rings. The number of nitrogens with one attached hydrogen (secondary N) is 3. The monoisotopic (exact) mass is 1130 g/mol. The SMILES string of the molecule is CCC(C)C1C(=O)N(C)C(C(C)CC)C(=O)NCC(=O)N(C)C(C(C)C)C(=O)NC(Cc2ccc(OC)cc2)C(=O)OC(C)C(=O)N2CCCCC2C(=O)N(C)C(C(C)C)C(=O)NC(C(C)C)C(=O)N(C)C(CC(=O)O)C(=O)N1C. The Balaban J connectivity index is 2.27. The van der Waals surface area contributed by atoms with Crippen molar-refractivity contribution in [3.05, 3.63) is 29.8 Å². The normalized spacial score (nSPS) is 26.7. The van der Waals surface area contributed by atoms with Gasteiger partial charge in [-0.3, -0.25) is 47.9 Å². The summed E-state index contributed by atoms with van der Waals surface area (Å²) in [6.45, 7) is 18.0. The van der Waals surface area contributed by atoms with Crippen LogP contribution in [-0.4, -0.2) is 209 Å². The Morgan fingerprint density at radius 3 is 1.69 bits per heavy atom. The number of fused-ring (bicyclic) bond motifs is 1. The lowest BCUT2D eigenvalue weighted by molar-refractivity contribution is -0.165. The minimum absolute atomic E-state index is 0.106. The fraction of sp³-hybridized carbons (Fsp3) is 0.702. The van der Waals surface area contributed by atoms with E-state index in [0.29, 0.717) is 37.0 Å². The van der Waals surface area contributed by atoms with Crippen molar-refractivity contribution in [3.8, 4) is 5.75 Å². The number of carboxylic acid groups (broad SMARTS) is 1. The number of aliphatic carboxylic acids is 1. The Morgan fingerprint density at radius 1 is 0.637 bits per heavy atom. The van der Waals surface area contributed by atoms with Crippen LogP contribution < -0.4 is 20.7 Å². The van der Waals surface area contributed by atoms with Crippen LogP contribution in [0.3, 0.4) is 0 Å². The fourth-order valence-corrected chi connectivity index (χ4v) is 10.7. The molecule has 23 heteroatoms. The standard InChI is InChI=1S/C57H91N9O14/c1-18-34(9)47-49(70)58-30-42(67)62(13)45(32(5)6)50(71)59-39(28-37-23-25-38(79-17)26-24-37)57(78)80-36(11)52(73)66-27-21-20-22-40(66)53(74)63(14)46(33(7)8)51(72)60-44(31(3)4)55(76)61(12)41(29-43(68)69)54(75)65(16)48(35(10)19-2)56(77)64(47)15/h23-26,31-36,39-41,44-48H,18-22,27-30H2,1-17H3,(H,58,70)(H,59,71)(H,60,72)(H,68,69). The van der Waals surface area contributed by atoms with Gasteiger partial charge in [0, 0.05) is 48.2 Å². The summed E-state index contributed by atoms with van der Waals surface area (Å²) in [4.78, 5) is 165. The third-order valence-corrected chi connectivity index (χ3v) is 15.8. The van der Waals surface area contributed by atoms with Gasteiger partial charge in [-0.15, -0.1) is 0 Å². The lowest BCUT2D eigenvalue weighted by Gasteiger charge is -2.41. The van der Waals surface area contributed by atoms with Crippen LogP contribution in [0, 0.1) is 29.6 Å². The zero-order valence-corrected chi connectivity index (χ0v) is 50.2. The number of cyclic esters (lactones) is 1. The van der Waals surface area contributed by atoms with Gasteiger partial charge in [-0.1, -0.05) is 94.2 Å². The maximum Gasteiger partial charge on any atom is 0.329 e. The molecule has 0 aromatic heterocycles. The Bertz CT molecular complexity index is 2380. The summed E-state index contributed by atoms with van der Waals surface area (Å²) in [5, 5.41) is 18.4. The van der Waals surface area contributed by atoms with Gasteiger partial charge in [-0.2, -0.15) is 0 Å². The molecule has 23 nitrogen and oxygen atoms in total. The highest BCUT2D eigenvalue weighted by Gasteiger charge is 2.46. The van der Waals surface area contributed by atoms with Gasteiger partial charge in [-0.05, 0) is 73.5 Å². The number of carbonyl (C=O) groups excluding carboxylic acids is 10. The van der Waals surface area contributed by atoms with E-state index in [4.69, 9.17) is 9.47 Å². The van der Waals surface area contributed by atoms with E-state index in [1.54, 1.807) is 86.6 Å². The lowest BCUT2D eigenvalue weighted by atomic mass is 9.92. The molecule has 2 heterocycles. The molecule has 2 aliphatic rings. The maximum absolute atomic E-state index is 14.9. The van der Waals surface area contributed by atoms with Crippen molar-refractivity contribution in [2.45, 2.75) is 176 Å². The molecular formula is C57H91N9O14. The summed E-state index contributed by atoms with van der Waals surface area (Å²) in [6.07, 6.45) is -0.488. The quantitative estimate of drug-likeness (QED) is 0.219. The van der Waals surface area contributed by atoms with E-state index in [1.807, 2.05) is 6.92 Å². The molecule has 0 saturated carbocycles. The number of carboxylic acids is 1. The van der Waals surface area contributed by atoms with Crippen molar-refractivity contribution >= 4 is 65.1 Å². The zero-order valence-electron chi connectivity index (χ0n) is 50.2. The maximum atomic E-state index is 14.9. The number of likely N-dealkylation sites (N-methyl/N-ethyl adjacent to an activating group) is 5. The van der Waals surface area contributed by atoms with E-state index in [-0.39, 0.29) is 19.4 Å². The number of hydrogen-bond acceptors (Lipinski definition) is 13. The van der Waals surface area contributed by atoms with Gasteiger partial charge in [0.2, 0.25) is 47.3 Å². The molecule has 448 valence electrons. The van der Waals surface area contributed by atoms with Crippen LogP contribution in [0.4, 0.5) is 0 Å². The summed E-state index contributed by atoms with van der Waals surface area (Å²) in [5.41, 5.74) is 0.581. The summed E-state index contributed by atoms with van der Waals surface area (Å²) in [5.74, 6) is -11.4. The van der Waals surface area contributed by atoms with Crippen LogP contribution in [0.25, 0.3) is 0 Å². The van der Waals surface area contributed by atoms with E-state index in [0.717, 1.165) is 14.7 Å². The van der Waals surface area contributed by atoms with Crippen LogP contribution in [0.5, 0.6) is 5.75 Å². The summed E-state index contributed by atoms with van der Waals surface area (Å²) < 4.78 is 11.2. The number of carbonyl (C=O) groups is 11. The number of amides is 9. The third kappa shape index (κ3) is 16.6. The first-order chi connectivity index (χ1) is 37.4. The molecular weight excluding hydrogens is 1030 g/mol. The third-order valence-electron chi connectivity index (χ3n) is 15.8. The second-order valence-corrected chi connectivity index (χ2v) is 22.6. The zero-order chi connectivity index (χ0) is 60.8. The number of esters is 1. The van der Waals surface area contributed by atoms with Gasteiger partial charge in [0.25, 0.3) is 5.91 Å². The highest BCUT2D eigenvalue weighted by Crippen LogP contribution is 2.26. The van der Waals surface area contributed by atoms with Crippen molar-refractivity contribution in [2.24, 2.45) is 29.6 Å².